The minimum atomic E-state index is 0. The van der Waals surface area contributed by atoms with E-state index in [2.05, 4.69) is 58.1 Å². The van der Waals surface area contributed by atoms with E-state index in [1.54, 1.807) is 0 Å². The quantitative estimate of drug-likeness (QED) is 0.544. The number of nitrogens with zero attached hydrogens (tertiary/aromatic N) is 2. The fraction of sp³-hybridized carbons (Fsp3) is 0.450. The Balaban J connectivity index is 0.00000169. The van der Waals surface area contributed by atoms with Crippen molar-refractivity contribution in [2.75, 3.05) is 20.6 Å². The third-order valence-corrected chi connectivity index (χ3v) is 5.16. The monoisotopic (exact) mass is 460 g/mol. The molecule has 0 saturated heterocycles. The number of benzene rings is 1. The third kappa shape index (κ3) is 6.73. The van der Waals surface area contributed by atoms with Gasteiger partial charge in [-0.15, -0.1) is 24.8 Å². The lowest BCUT2D eigenvalue weighted by molar-refractivity contribution is 0.303. The predicted octanol–water partition coefficient (Wildman–Crippen LogP) is 5.32. The van der Waals surface area contributed by atoms with Crippen LogP contribution in [0.4, 0.5) is 0 Å². The average Bonchev–Trinajstić information content (AvgIpc) is 2.59. The van der Waals surface area contributed by atoms with Crippen molar-refractivity contribution in [2.24, 2.45) is 5.92 Å². The summed E-state index contributed by atoms with van der Waals surface area (Å²) in [5.41, 5.74) is 4.05. The third-order valence-electron chi connectivity index (χ3n) is 4.69. The molecule has 2 aromatic rings. The van der Waals surface area contributed by atoms with Gasteiger partial charge in [0.15, 0.2) is 0 Å². The molecule has 1 aromatic heterocycles. The summed E-state index contributed by atoms with van der Waals surface area (Å²) in [5.74, 6) is 1.78. The zero-order valence-electron chi connectivity index (χ0n) is 15.3. The normalized spacial score (nSPS) is 15.6. The van der Waals surface area contributed by atoms with E-state index in [0.29, 0.717) is 6.61 Å². The van der Waals surface area contributed by atoms with Gasteiger partial charge in [-0.2, -0.15) is 0 Å². The second-order valence-electron chi connectivity index (χ2n) is 6.91. The van der Waals surface area contributed by atoms with Crippen LogP contribution in [0.5, 0.6) is 5.75 Å². The van der Waals surface area contributed by atoms with E-state index in [1.807, 2.05) is 18.3 Å². The minimum Gasteiger partial charge on any atom is -0.489 e. The fourth-order valence-corrected chi connectivity index (χ4v) is 3.48. The second kappa shape index (κ2) is 11.1. The predicted molar refractivity (Wildman–Crippen MR) is 116 cm³/mol. The number of halogens is 3. The van der Waals surface area contributed by atoms with Gasteiger partial charge >= 0.3 is 0 Å². The maximum absolute atomic E-state index is 5.94. The zero-order valence-corrected chi connectivity index (χ0v) is 18.5. The van der Waals surface area contributed by atoms with Gasteiger partial charge in [0.1, 0.15) is 17.0 Å². The van der Waals surface area contributed by atoms with E-state index in [0.717, 1.165) is 21.8 Å². The number of aromatic nitrogens is 1. The second-order valence-corrected chi connectivity index (χ2v) is 7.72. The van der Waals surface area contributed by atoms with Crippen molar-refractivity contribution >= 4 is 40.7 Å². The number of ether oxygens (including phenoxy) is 1. The maximum Gasteiger partial charge on any atom is 0.120 e. The summed E-state index contributed by atoms with van der Waals surface area (Å²) in [7, 11) is 4.31. The molecular weight excluding hydrogens is 435 g/mol. The van der Waals surface area contributed by atoms with E-state index in [9.17, 15) is 0 Å². The van der Waals surface area contributed by atoms with Crippen molar-refractivity contribution in [1.82, 2.24) is 9.88 Å². The van der Waals surface area contributed by atoms with Crippen molar-refractivity contribution in [3.8, 4) is 5.75 Å². The standard InChI is InChI=1S/C20H25BrN2O.2ClH/c1-23(2)10-9-15-3-5-18-12-19(7-6-17(18)11-15)24-14-16-4-8-20(21)22-13-16;;/h4,6-8,12-13,15H,3,5,9-11,14H2,1-2H3;2*1H. The smallest absolute Gasteiger partial charge is 0.120 e. The van der Waals surface area contributed by atoms with Gasteiger partial charge in [0.25, 0.3) is 0 Å². The highest BCUT2D eigenvalue weighted by molar-refractivity contribution is 9.10. The van der Waals surface area contributed by atoms with Gasteiger partial charge in [-0.05, 0) is 97.5 Å². The van der Waals surface area contributed by atoms with Crippen LogP contribution < -0.4 is 4.74 Å². The molecule has 0 spiro atoms. The molecule has 1 aliphatic rings. The molecule has 144 valence electrons. The zero-order chi connectivity index (χ0) is 16.9. The average molecular weight is 462 g/mol. The molecule has 3 rings (SSSR count). The molecule has 0 N–H and O–H groups in total. The van der Waals surface area contributed by atoms with Gasteiger partial charge in [-0.3, -0.25) is 0 Å². The van der Waals surface area contributed by atoms with E-state index in [-0.39, 0.29) is 24.8 Å². The lowest BCUT2D eigenvalue weighted by Gasteiger charge is -2.26. The molecule has 1 unspecified atom stereocenters. The lowest BCUT2D eigenvalue weighted by Crippen LogP contribution is -2.21. The summed E-state index contributed by atoms with van der Waals surface area (Å²) in [6, 6.07) is 10.6. The van der Waals surface area contributed by atoms with Crippen molar-refractivity contribution < 1.29 is 4.74 Å². The molecule has 1 aromatic carbocycles. The SMILES string of the molecule is CN(C)CCC1CCc2cc(OCc3ccc(Br)nc3)ccc2C1.Cl.Cl. The number of hydrogen-bond donors (Lipinski definition) is 0. The maximum atomic E-state index is 5.94. The Morgan fingerprint density at radius 2 is 1.96 bits per heavy atom. The van der Waals surface area contributed by atoms with E-state index < -0.39 is 0 Å². The Kier molecular flexibility index (Phi) is 9.94. The molecule has 0 amide bonds. The van der Waals surface area contributed by atoms with Crippen LogP contribution in [0.25, 0.3) is 0 Å². The molecule has 3 nitrogen and oxygen atoms in total. The molecular formula is C20H27BrCl2N2O. The highest BCUT2D eigenvalue weighted by atomic mass is 79.9. The van der Waals surface area contributed by atoms with Crippen molar-refractivity contribution in [2.45, 2.75) is 32.3 Å². The summed E-state index contributed by atoms with van der Waals surface area (Å²) in [6.07, 6.45) is 6.81. The Morgan fingerprint density at radius 3 is 2.65 bits per heavy atom. The number of pyridine rings is 1. The number of rotatable bonds is 6. The van der Waals surface area contributed by atoms with Crippen LogP contribution in [0.1, 0.15) is 29.5 Å². The molecule has 1 aliphatic carbocycles. The highest BCUT2D eigenvalue weighted by Gasteiger charge is 2.19. The van der Waals surface area contributed by atoms with Gasteiger partial charge in [0, 0.05) is 11.8 Å². The summed E-state index contributed by atoms with van der Waals surface area (Å²) < 4.78 is 6.79. The first-order valence-corrected chi connectivity index (χ1v) is 9.39. The van der Waals surface area contributed by atoms with Gasteiger partial charge < -0.3 is 9.64 Å². The van der Waals surface area contributed by atoms with Crippen molar-refractivity contribution in [3.63, 3.8) is 0 Å². The topological polar surface area (TPSA) is 25.4 Å². The molecule has 0 saturated carbocycles. The Morgan fingerprint density at radius 1 is 1.15 bits per heavy atom. The summed E-state index contributed by atoms with van der Waals surface area (Å²) >= 11 is 3.35. The first-order chi connectivity index (χ1) is 11.6. The summed E-state index contributed by atoms with van der Waals surface area (Å²) in [5, 5.41) is 0. The van der Waals surface area contributed by atoms with Crippen LogP contribution in [0.2, 0.25) is 0 Å². The van der Waals surface area contributed by atoms with E-state index in [4.69, 9.17) is 4.74 Å². The van der Waals surface area contributed by atoms with Gasteiger partial charge in [-0.25, -0.2) is 4.98 Å². The van der Waals surface area contributed by atoms with Crippen LogP contribution in [-0.4, -0.2) is 30.5 Å². The van der Waals surface area contributed by atoms with Gasteiger partial charge in [0.2, 0.25) is 0 Å². The molecule has 1 heterocycles. The molecule has 0 radical (unpaired) electrons. The van der Waals surface area contributed by atoms with E-state index in [1.165, 1.54) is 43.4 Å². The van der Waals surface area contributed by atoms with Crippen molar-refractivity contribution in [1.29, 1.82) is 0 Å². The van der Waals surface area contributed by atoms with Crippen LogP contribution in [0, 0.1) is 5.92 Å². The minimum absolute atomic E-state index is 0. The lowest BCUT2D eigenvalue weighted by atomic mass is 9.82. The number of fused-ring (bicyclic) bond motifs is 1. The molecule has 1 atom stereocenters. The first kappa shape index (κ1) is 23.2. The molecule has 6 heteroatoms. The Hall–Kier alpha value is -0.810. The van der Waals surface area contributed by atoms with Gasteiger partial charge in [0.05, 0.1) is 0 Å². The van der Waals surface area contributed by atoms with Crippen LogP contribution in [0.15, 0.2) is 41.1 Å². The first-order valence-electron chi connectivity index (χ1n) is 8.60. The molecule has 0 bridgehead atoms. The Labute approximate surface area is 177 Å². The fourth-order valence-electron chi connectivity index (χ4n) is 3.24. The number of hydrogen-bond acceptors (Lipinski definition) is 3. The number of aryl methyl sites for hydroxylation is 1. The summed E-state index contributed by atoms with van der Waals surface area (Å²) in [4.78, 5) is 6.51. The van der Waals surface area contributed by atoms with Crippen LogP contribution >= 0.6 is 40.7 Å². The largest absolute Gasteiger partial charge is 0.489 e. The van der Waals surface area contributed by atoms with Crippen LogP contribution in [-0.2, 0) is 19.4 Å². The van der Waals surface area contributed by atoms with E-state index >= 15 is 0 Å². The van der Waals surface area contributed by atoms with Crippen molar-refractivity contribution in [3.05, 3.63) is 57.8 Å². The molecule has 0 aliphatic heterocycles. The molecule has 0 fully saturated rings. The van der Waals surface area contributed by atoms with Crippen LogP contribution in [0.3, 0.4) is 0 Å². The Bertz CT molecular complexity index is 680. The van der Waals surface area contributed by atoms with Gasteiger partial charge in [-0.1, -0.05) is 12.1 Å². The molecule has 26 heavy (non-hydrogen) atoms. The highest BCUT2D eigenvalue weighted by Crippen LogP contribution is 2.30. The summed E-state index contributed by atoms with van der Waals surface area (Å²) in [6.45, 7) is 1.74.